The van der Waals surface area contributed by atoms with Gasteiger partial charge in [0.25, 0.3) is 0 Å². The number of nitrogens with one attached hydrogen (secondary N) is 1. The average Bonchev–Trinajstić information content (AvgIpc) is 3.29. The first-order chi connectivity index (χ1) is 11.9. The molecule has 5 nitrogen and oxygen atoms in total. The molecule has 0 unspecified atom stereocenters. The summed E-state index contributed by atoms with van der Waals surface area (Å²) in [5.74, 6) is 2.64. The van der Waals surface area contributed by atoms with Crippen molar-refractivity contribution in [1.29, 1.82) is 0 Å². The van der Waals surface area contributed by atoms with Crippen molar-refractivity contribution < 1.29 is 9.47 Å². The molecule has 5 rings (SSSR count). The Morgan fingerprint density at radius 3 is 3.08 bits per heavy atom. The first-order valence-corrected chi connectivity index (χ1v) is 9.08. The molecule has 2 aliphatic rings. The van der Waals surface area contributed by atoms with Crippen LogP contribution < -0.4 is 14.8 Å². The molecule has 1 N–H and O–H groups in total. The second-order valence-electron chi connectivity index (χ2n) is 6.12. The van der Waals surface area contributed by atoms with Crippen molar-refractivity contribution in [2.24, 2.45) is 0 Å². The van der Waals surface area contributed by atoms with Gasteiger partial charge >= 0.3 is 0 Å². The first kappa shape index (κ1) is 14.0. The van der Waals surface area contributed by atoms with Crippen LogP contribution in [0, 0.1) is 0 Å². The molecule has 0 amide bonds. The lowest BCUT2D eigenvalue weighted by Crippen LogP contribution is -2.07. The summed E-state index contributed by atoms with van der Waals surface area (Å²) in [4.78, 5) is 11.5. The summed E-state index contributed by atoms with van der Waals surface area (Å²) in [5, 5.41) is 4.74. The topological polar surface area (TPSA) is 56.3 Å². The van der Waals surface area contributed by atoms with E-state index in [0.29, 0.717) is 6.79 Å². The highest BCUT2D eigenvalue weighted by atomic mass is 32.1. The molecular weight excluding hydrogens is 322 g/mol. The smallest absolute Gasteiger partial charge is 0.231 e. The Balaban J connectivity index is 1.34. The molecule has 3 heterocycles. The van der Waals surface area contributed by atoms with E-state index < -0.39 is 0 Å². The van der Waals surface area contributed by atoms with Crippen molar-refractivity contribution in [3.05, 3.63) is 40.5 Å². The minimum Gasteiger partial charge on any atom is -0.454 e. The fourth-order valence-electron chi connectivity index (χ4n) is 3.48. The van der Waals surface area contributed by atoms with Crippen LogP contribution in [0.2, 0.25) is 0 Å². The average molecular weight is 339 g/mol. The van der Waals surface area contributed by atoms with Gasteiger partial charge in [0.2, 0.25) is 6.79 Å². The number of fused-ring (bicyclic) bond motifs is 4. The fourth-order valence-corrected chi connectivity index (χ4v) is 4.71. The van der Waals surface area contributed by atoms with E-state index in [1.807, 2.05) is 17.4 Å². The van der Waals surface area contributed by atoms with Crippen LogP contribution in [-0.2, 0) is 19.3 Å². The Morgan fingerprint density at radius 2 is 2.08 bits per heavy atom. The van der Waals surface area contributed by atoms with E-state index in [1.54, 1.807) is 6.33 Å². The summed E-state index contributed by atoms with van der Waals surface area (Å²) in [6, 6.07) is 6.13. The zero-order chi connectivity index (χ0) is 15.9. The fraction of sp³-hybridized carbons (Fsp3) is 0.333. The van der Waals surface area contributed by atoms with Gasteiger partial charge in [-0.1, -0.05) is 6.07 Å². The number of hydrogen-bond acceptors (Lipinski definition) is 6. The zero-order valence-electron chi connectivity index (χ0n) is 13.2. The first-order valence-electron chi connectivity index (χ1n) is 8.26. The molecule has 122 valence electrons. The number of anilines is 1. The molecule has 0 bridgehead atoms. The van der Waals surface area contributed by atoms with Crippen LogP contribution in [0.4, 0.5) is 5.82 Å². The molecule has 6 heteroatoms. The third-order valence-electron chi connectivity index (χ3n) is 4.64. The maximum atomic E-state index is 5.44. The van der Waals surface area contributed by atoms with Crippen molar-refractivity contribution in [3.8, 4) is 11.5 Å². The molecule has 0 saturated carbocycles. The van der Waals surface area contributed by atoms with Crippen LogP contribution in [0.3, 0.4) is 0 Å². The Bertz CT molecular complexity index is 922. The van der Waals surface area contributed by atoms with E-state index in [1.165, 1.54) is 34.2 Å². The van der Waals surface area contributed by atoms with Gasteiger partial charge in [0, 0.05) is 11.4 Å². The Hall–Kier alpha value is -2.34. The predicted molar refractivity (Wildman–Crippen MR) is 94.2 cm³/mol. The summed E-state index contributed by atoms with van der Waals surface area (Å²) in [5.41, 5.74) is 2.69. The second kappa shape index (κ2) is 5.63. The minimum atomic E-state index is 0.319. The second-order valence-corrected chi connectivity index (χ2v) is 7.21. The van der Waals surface area contributed by atoms with E-state index in [9.17, 15) is 0 Å². The quantitative estimate of drug-likeness (QED) is 0.787. The highest BCUT2D eigenvalue weighted by Crippen LogP contribution is 2.39. The monoisotopic (exact) mass is 339 g/mol. The third kappa shape index (κ3) is 2.29. The standard InChI is InChI=1S/C18H17N3O2S/c1-2-12-15(3-1)24-18-16(12)17(20-9-21-18)19-7-6-11-4-5-13-14(8-11)23-10-22-13/h4-5,8-9H,1-3,6-7,10H2,(H,19,20,21). The molecule has 0 atom stereocenters. The Labute approximate surface area is 143 Å². The van der Waals surface area contributed by atoms with Gasteiger partial charge in [-0.3, -0.25) is 0 Å². The highest BCUT2D eigenvalue weighted by molar-refractivity contribution is 7.19. The Kier molecular flexibility index (Phi) is 3.29. The number of benzene rings is 1. The van der Waals surface area contributed by atoms with Crippen molar-refractivity contribution in [2.75, 3.05) is 18.7 Å². The van der Waals surface area contributed by atoms with E-state index >= 15 is 0 Å². The number of aromatic nitrogens is 2. The molecule has 0 radical (unpaired) electrons. The molecule has 24 heavy (non-hydrogen) atoms. The summed E-state index contributed by atoms with van der Waals surface area (Å²) < 4.78 is 10.8. The van der Waals surface area contributed by atoms with E-state index in [4.69, 9.17) is 9.47 Å². The number of rotatable bonds is 4. The van der Waals surface area contributed by atoms with Gasteiger partial charge in [0.1, 0.15) is 17.0 Å². The molecular formula is C18H17N3O2S. The molecule has 3 aromatic rings. The highest BCUT2D eigenvalue weighted by Gasteiger charge is 2.21. The van der Waals surface area contributed by atoms with E-state index in [-0.39, 0.29) is 0 Å². The van der Waals surface area contributed by atoms with Gasteiger partial charge in [-0.05, 0) is 48.9 Å². The van der Waals surface area contributed by atoms with E-state index in [2.05, 4.69) is 27.4 Å². The summed E-state index contributed by atoms with van der Waals surface area (Å²) in [6.07, 6.45) is 6.17. The van der Waals surface area contributed by atoms with Gasteiger partial charge in [0.15, 0.2) is 11.5 Å². The Morgan fingerprint density at radius 1 is 1.12 bits per heavy atom. The largest absolute Gasteiger partial charge is 0.454 e. The van der Waals surface area contributed by atoms with Crippen LogP contribution >= 0.6 is 11.3 Å². The van der Waals surface area contributed by atoms with Crippen molar-refractivity contribution in [1.82, 2.24) is 9.97 Å². The van der Waals surface area contributed by atoms with Crippen LogP contribution in [0.1, 0.15) is 22.4 Å². The number of nitrogens with zero attached hydrogens (tertiary/aromatic N) is 2. The number of aryl methyl sites for hydroxylation is 2. The normalized spacial score (nSPS) is 15.0. The van der Waals surface area contributed by atoms with Gasteiger partial charge in [-0.25, -0.2) is 9.97 Å². The SMILES string of the molecule is c1nc(NCCc2ccc3c(c2)OCO3)c2c3c(sc2n1)CCC3. The van der Waals surface area contributed by atoms with Crippen molar-refractivity contribution >= 4 is 27.4 Å². The maximum Gasteiger partial charge on any atom is 0.231 e. The van der Waals surface area contributed by atoms with Crippen LogP contribution in [0.15, 0.2) is 24.5 Å². The molecule has 0 fully saturated rings. The van der Waals surface area contributed by atoms with Gasteiger partial charge in [-0.15, -0.1) is 11.3 Å². The lowest BCUT2D eigenvalue weighted by Gasteiger charge is -2.08. The number of thiophene rings is 1. The molecule has 2 aromatic heterocycles. The number of hydrogen-bond donors (Lipinski definition) is 1. The molecule has 0 spiro atoms. The predicted octanol–water partition coefficient (Wildman–Crippen LogP) is 3.56. The van der Waals surface area contributed by atoms with Crippen LogP contribution in [-0.4, -0.2) is 23.3 Å². The lowest BCUT2D eigenvalue weighted by molar-refractivity contribution is 0.174. The van der Waals surface area contributed by atoms with Gasteiger partial charge in [-0.2, -0.15) is 0 Å². The van der Waals surface area contributed by atoms with Crippen molar-refractivity contribution in [2.45, 2.75) is 25.7 Å². The number of ether oxygens (including phenoxy) is 2. The van der Waals surface area contributed by atoms with Crippen LogP contribution in [0.25, 0.3) is 10.2 Å². The molecule has 1 aromatic carbocycles. The van der Waals surface area contributed by atoms with Gasteiger partial charge in [0.05, 0.1) is 5.39 Å². The molecule has 1 aliphatic heterocycles. The third-order valence-corrected chi connectivity index (χ3v) is 5.84. The van der Waals surface area contributed by atoms with Crippen LogP contribution in [0.5, 0.6) is 11.5 Å². The minimum absolute atomic E-state index is 0.319. The zero-order valence-corrected chi connectivity index (χ0v) is 14.0. The van der Waals surface area contributed by atoms with E-state index in [0.717, 1.165) is 41.5 Å². The summed E-state index contributed by atoms with van der Waals surface area (Å²) in [6.45, 7) is 1.15. The van der Waals surface area contributed by atoms with Crippen molar-refractivity contribution in [3.63, 3.8) is 0 Å². The lowest BCUT2D eigenvalue weighted by atomic mass is 10.1. The summed E-state index contributed by atoms with van der Waals surface area (Å²) in [7, 11) is 0. The molecule has 0 saturated heterocycles. The summed E-state index contributed by atoms with van der Waals surface area (Å²) >= 11 is 1.82. The maximum absolute atomic E-state index is 5.44. The van der Waals surface area contributed by atoms with Gasteiger partial charge < -0.3 is 14.8 Å². The molecule has 1 aliphatic carbocycles.